The Morgan fingerprint density at radius 3 is 2.58 bits per heavy atom. The Balaban J connectivity index is 1.73. The number of nitrogens with one attached hydrogen (secondary N) is 1. The predicted molar refractivity (Wildman–Crippen MR) is 122 cm³/mol. The number of nitrogens with zero attached hydrogens (tertiary/aromatic N) is 4. The number of benzene rings is 2. The number of aromatic nitrogens is 4. The Morgan fingerprint density at radius 1 is 1.06 bits per heavy atom. The van der Waals surface area contributed by atoms with Gasteiger partial charge in [-0.05, 0) is 43.3 Å². The van der Waals surface area contributed by atoms with Gasteiger partial charge in [0, 0.05) is 19.7 Å². The molecule has 11 nitrogen and oxygen atoms in total. The minimum absolute atomic E-state index is 0.0157. The normalized spacial score (nSPS) is 10.8. The zero-order chi connectivity index (χ0) is 23.7. The van der Waals surface area contributed by atoms with Crippen LogP contribution in [0.1, 0.15) is 21.7 Å². The summed E-state index contributed by atoms with van der Waals surface area (Å²) in [7, 11) is 3.35. The number of imidazole rings is 1. The van der Waals surface area contributed by atoms with E-state index >= 15 is 0 Å². The zero-order valence-corrected chi connectivity index (χ0v) is 18.3. The number of amidine groups is 1. The molecule has 2 aromatic heterocycles. The minimum atomic E-state index is -0.157. The molecule has 4 aromatic rings. The highest BCUT2D eigenvalue weighted by atomic mass is 16.5. The molecular weight excluding hydrogens is 424 g/mol. The van der Waals surface area contributed by atoms with Crippen molar-refractivity contribution in [2.75, 3.05) is 19.8 Å². The molecule has 0 bridgehead atoms. The van der Waals surface area contributed by atoms with E-state index in [-0.39, 0.29) is 23.6 Å². The van der Waals surface area contributed by atoms with Gasteiger partial charge in [0.15, 0.2) is 11.4 Å². The molecule has 11 heteroatoms. The number of fused-ring (bicyclic) bond motifs is 1. The molecular formula is C22H23N8O3+. The predicted octanol–water partition coefficient (Wildman–Crippen LogP) is 0.994. The molecule has 2 aromatic carbocycles. The van der Waals surface area contributed by atoms with Gasteiger partial charge in [0.1, 0.15) is 17.1 Å². The summed E-state index contributed by atoms with van der Waals surface area (Å²) in [5.74, 6) is 1.41. The lowest BCUT2D eigenvalue weighted by Gasteiger charge is -2.12. The summed E-state index contributed by atoms with van der Waals surface area (Å²) in [6, 6.07) is 11.6. The molecule has 0 spiro atoms. The highest BCUT2D eigenvalue weighted by molar-refractivity contribution is 5.94. The van der Waals surface area contributed by atoms with E-state index in [9.17, 15) is 4.79 Å². The average molecular weight is 447 g/mol. The van der Waals surface area contributed by atoms with Crippen LogP contribution in [0.2, 0.25) is 0 Å². The van der Waals surface area contributed by atoms with Crippen LogP contribution in [0, 0.1) is 6.92 Å². The van der Waals surface area contributed by atoms with E-state index in [0.29, 0.717) is 45.3 Å². The molecule has 0 unspecified atom stereocenters. The van der Waals surface area contributed by atoms with Gasteiger partial charge < -0.3 is 25.1 Å². The number of rotatable bonds is 6. The number of hydrogen-bond donors (Lipinski definition) is 4. The SMILES string of the molecule is Cc1nc2nc(Oc3cccc(C(=O)N(C)C)c3)nc(Oc3cc(C(N)=[NH2+])ccc3N)c2[nH]1. The molecule has 7 N–H and O–H groups in total. The molecule has 0 atom stereocenters. The Bertz CT molecular complexity index is 1380. The smallest absolute Gasteiger partial charge is 0.327 e. The minimum Gasteiger partial charge on any atom is -0.435 e. The van der Waals surface area contributed by atoms with E-state index in [1.807, 2.05) is 0 Å². The number of aromatic amines is 1. The Morgan fingerprint density at radius 2 is 1.85 bits per heavy atom. The van der Waals surface area contributed by atoms with Crippen LogP contribution in [0.4, 0.5) is 5.69 Å². The maximum Gasteiger partial charge on any atom is 0.327 e. The van der Waals surface area contributed by atoms with Gasteiger partial charge >= 0.3 is 6.01 Å². The molecule has 1 amide bonds. The van der Waals surface area contributed by atoms with E-state index in [0.717, 1.165) is 0 Å². The van der Waals surface area contributed by atoms with Crippen LogP contribution in [0.5, 0.6) is 23.4 Å². The van der Waals surface area contributed by atoms with E-state index < -0.39 is 0 Å². The second-order valence-corrected chi connectivity index (χ2v) is 7.47. The summed E-state index contributed by atoms with van der Waals surface area (Å²) in [5, 5.41) is 5.69. The Hall–Kier alpha value is -4.67. The number of ether oxygens (including phenoxy) is 2. The van der Waals surface area contributed by atoms with Crippen LogP contribution in [-0.4, -0.2) is 50.7 Å². The van der Waals surface area contributed by atoms with Crippen molar-refractivity contribution in [1.82, 2.24) is 24.8 Å². The van der Waals surface area contributed by atoms with Crippen molar-refractivity contribution < 1.29 is 19.7 Å². The van der Waals surface area contributed by atoms with Crippen molar-refractivity contribution in [3.05, 3.63) is 59.4 Å². The monoisotopic (exact) mass is 447 g/mol. The largest absolute Gasteiger partial charge is 0.435 e. The quantitative estimate of drug-likeness (QED) is 0.192. The van der Waals surface area contributed by atoms with Gasteiger partial charge in [-0.3, -0.25) is 15.9 Å². The fraction of sp³-hybridized carbons (Fsp3) is 0.136. The molecule has 0 radical (unpaired) electrons. The number of nitrogen functional groups attached to an aromatic ring is 1. The average Bonchev–Trinajstić information content (AvgIpc) is 3.15. The third-order valence-electron chi connectivity index (χ3n) is 4.67. The van der Waals surface area contributed by atoms with Crippen LogP contribution in [0.15, 0.2) is 42.5 Å². The third-order valence-corrected chi connectivity index (χ3v) is 4.67. The second kappa shape index (κ2) is 8.46. The number of amides is 1. The van der Waals surface area contributed by atoms with Gasteiger partial charge in [-0.2, -0.15) is 9.97 Å². The third kappa shape index (κ3) is 4.51. The standard InChI is InChI=1S/C22H22N8O3/c1-11-26-17-19(27-11)28-22(32-14-6-4-5-13(9-14)21(31)30(2)3)29-20(17)33-16-10-12(18(24)25)7-8-15(16)23/h4-10H,23H2,1-3H3,(H3,24,25)(H,26,27,28,29)/p+1. The van der Waals surface area contributed by atoms with Gasteiger partial charge in [0.2, 0.25) is 0 Å². The molecule has 0 saturated heterocycles. The summed E-state index contributed by atoms with van der Waals surface area (Å²) in [4.78, 5) is 29.9. The van der Waals surface area contributed by atoms with Crippen molar-refractivity contribution in [1.29, 1.82) is 0 Å². The lowest BCUT2D eigenvalue weighted by atomic mass is 10.2. The maximum absolute atomic E-state index is 12.3. The van der Waals surface area contributed by atoms with Gasteiger partial charge in [-0.1, -0.05) is 6.07 Å². The number of anilines is 1. The summed E-state index contributed by atoms with van der Waals surface area (Å²) < 4.78 is 11.8. The lowest BCUT2D eigenvalue weighted by Crippen LogP contribution is -2.46. The van der Waals surface area contributed by atoms with Gasteiger partial charge in [0.05, 0.1) is 11.3 Å². The molecule has 2 heterocycles. The van der Waals surface area contributed by atoms with Crippen molar-refractivity contribution >= 4 is 28.6 Å². The Labute approximate surface area is 188 Å². The van der Waals surface area contributed by atoms with Crippen molar-refractivity contribution in [3.8, 4) is 23.4 Å². The van der Waals surface area contributed by atoms with Gasteiger partial charge in [-0.25, -0.2) is 4.98 Å². The fourth-order valence-corrected chi connectivity index (χ4v) is 3.05. The van der Waals surface area contributed by atoms with Gasteiger partial charge in [-0.15, -0.1) is 0 Å². The molecule has 0 aliphatic heterocycles. The van der Waals surface area contributed by atoms with Crippen molar-refractivity contribution in [2.45, 2.75) is 6.92 Å². The van der Waals surface area contributed by atoms with E-state index in [2.05, 4.69) is 19.9 Å². The van der Waals surface area contributed by atoms with Crippen molar-refractivity contribution in [2.24, 2.45) is 5.73 Å². The summed E-state index contributed by atoms with van der Waals surface area (Å²) in [5.41, 5.74) is 13.9. The van der Waals surface area contributed by atoms with E-state index in [4.69, 9.17) is 26.4 Å². The summed E-state index contributed by atoms with van der Waals surface area (Å²) >= 11 is 0. The molecule has 4 rings (SSSR count). The first-order valence-corrected chi connectivity index (χ1v) is 9.91. The number of hydrogen-bond acceptors (Lipinski definition) is 7. The number of carbonyl (C=O) groups excluding carboxylic acids is 1. The molecule has 0 aliphatic carbocycles. The van der Waals surface area contributed by atoms with Crippen LogP contribution >= 0.6 is 0 Å². The molecule has 0 fully saturated rings. The van der Waals surface area contributed by atoms with Crippen molar-refractivity contribution in [3.63, 3.8) is 0 Å². The zero-order valence-electron chi connectivity index (χ0n) is 18.3. The number of carbonyl (C=O) groups is 1. The molecule has 33 heavy (non-hydrogen) atoms. The first-order valence-electron chi connectivity index (χ1n) is 9.91. The molecule has 168 valence electrons. The maximum atomic E-state index is 12.3. The number of H-pyrrole nitrogens is 1. The molecule has 0 saturated carbocycles. The fourth-order valence-electron chi connectivity index (χ4n) is 3.05. The number of aryl methyl sites for hydroxylation is 1. The Kier molecular flexibility index (Phi) is 5.53. The lowest BCUT2D eigenvalue weighted by molar-refractivity contribution is -0.114. The second-order valence-electron chi connectivity index (χ2n) is 7.47. The van der Waals surface area contributed by atoms with Crippen LogP contribution in [0.25, 0.3) is 11.2 Å². The first-order chi connectivity index (χ1) is 15.7. The van der Waals surface area contributed by atoms with Crippen LogP contribution in [0.3, 0.4) is 0 Å². The van der Waals surface area contributed by atoms with E-state index in [1.165, 1.54) is 4.90 Å². The summed E-state index contributed by atoms with van der Waals surface area (Å²) in [6.07, 6.45) is 0. The molecule has 0 aliphatic rings. The highest BCUT2D eigenvalue weighted by Gasteiger charge is 2.18. The van der Waals surface area contributed by atoms with E-state index in [1.54, 1.807) is 63.5 Å². The van der Waals surface area contributed by atoms with Gasteiger partial charge in [0.25, 0.3) is 17.6 Å². The van der Waals surface area contributed by atoms with Crippen LogP contribution in [-0.2, 0) is 0 Å². The highest BCUT2D eigenvalue weighted by Crippen LogP contribution is 2.33. The summed E-state index contributed by atoms with van der Waals surface area (Å²) in [6.45, 7) is 1.78. The first kappa shape index (κ1) is 21.6. The topological polar surface area (TPSA) is 171 Å². The number of nitrogens with two attached hydrogens (primary N) is 3. The van der Waals surface area contributed by atoms with Crippen LogP contribution < -0.4 is 26.4 Å².